The Balaban J connectivity index is 1.61. The van der Waals surface area contributed by atoms with Crippen molar-refractivity contribution in [2.24, 2.45) is 0 Å². The van der Waals surface area contributed by atoms with Gasteiger partial charge in [0.2, 0.25) is 0 Å². The van der Waals surface area contributed by atoms with E-state index in [1.807, 2.05) is 25.1 Å². The third-order valence-corrected chi connectivity index (χ3v) is 4.66. The standard InChI is InChI=1S/C19H21ClN4O/c1-3-24-12-14(15-6-5-10-21-18(15)24)9-11-22-19(25)23-17-8-4-7-16(20)13(17)2/h4-8,10,12H,3,9,11H2,1-2H3,(H2,22,23,25). The van der Waals surface area contributed by atoms with Crippen LogP contribution < -0.4 is 10.6 Å². The summed E-state index contributed by atoms with van der Waals surface area (Å²) < 4.78 is 2.13. The van der Waals surface area contributed by atoms with Crippen LogP contribution >= 0.6 is 11.6 Å². The van der Waals surface area contributed by atoms with Crippen LogP contribution in [-0.2, 0) is 13.0 Å². The Kier molecular flexibility index (Phi) is 5.24. The quantitative estimate of drug-likeness (QED) is 0.712. The van der Waals surface area contributed by atoms with Gasteiger partial charge in [-0.05, 0) is 55.7 Å². The van der Waals surface area contributed by atoms with Gasteiger partial charge in [-0.15, -0.1) is 0 Å². The van der Waals surface area contributed by atoms with Crippen molar-refractivity contribution in [3.8, 4) is 0 Å². The average Bonchev–Trinajstić information content (AvgIpc) is 2.97. The first-order valence-electron chi connectivity index (χ1n) is 8.33. The van der Waals surface area contributed by atoms with Crippen LogP contribution in [0.3, 0.4) is 0 Å². The molecule has 0 aliphatic heterocycles. The highest BCUT2D eigenvalue weighted by atomic mass is 35.5. The number of hydrogen-bond acceptors (Lipinski definition) is 2. The number of nitrogens with zero attached hydrogens (tertiary/aromatic N) is 2. The Morgan fingerprint density at radius 1 is 1.28 bits per heavy atom. The lowest BCUT2D eigenvalue weighted by atomic mass is 10.1. The van der Waals surface area contributed by atoms with Gasteiger partial charge in [0.1, 0.15) is 5.65 Å². The number of carbonyl (C=O) groups excluding carboxylic acids is 1. The summed E-state index contributed by atoms with van der Waals surface area (Å²) in [6.45, 7) is 5.39. The molecule has 3 aromatic rings. The summed E-state index contributed by atoms with van der Waals surface area (Å²) in [7, 11) is 0. The Hall–Kier alpha value is -2.53. The van der Waals surface area contributed by atoms with Crippen molar-refractivity contribution in [2.45, 2.75) is 26.8 Å². The second kappa shape index (κ2) is 7.57. The molecule has 0 saturated carbocycles. The highest BCUT2D eigenvalue weighted by Gasteiger charge is 2.09. The van der Waals surface area contributed by atoms with Crippen LogP contribution in [0.5, 0.6) is 0 Å². The monoisotopic (exact) mass is 356 g/mol. The molecular weight excluding hydrogens is 336 g/mol. The van der Waals surface area contributed by atoms with Crippen molar-refractivity contribution >= 4 is 34.4 Å². The van der Waals surface area contributed by atoms with Gasteiger partial charge in [0, 0.05) is 41.6 Å². The van der Waals surface area contributed by atoms with Crippen LogP contribution in [0.25, 0.3) is 11.0 Å². The van der Waals surface area contributed by atoms with Crippen molar-refractivity contribution in [1.29, 1.82) is 0 Å². The molecule has 6 heteroatoms. The number of aromatic nitrogens is 2. The van der Waals surface area contributed by atoms with E-state index < -0.39 is 0 Å². The fourth-order valence-corrected chi connectivity index (χ4v) is 3.03. The van der Waals surface area contributed by atoms with E-state index in [4.69, 9.17) is 11.6 Å². The van der Waals surface area contributed by atoms with Crippen molar-refractivity contribution < 1.29 is 4.79 Å². The Bertz CT molecular complexity index is 904. The Labute approximate surface area is 152 Å². The predicted octanol–water partition coefficient (Wildman–Crippen LogP) is 4.38. The lowest BCUT2D eigenvalue weighted by Gasteiger charge is -2.10. The Morgan fingerprint density at radius 3 is 2.92 bits per heavy atom. The normalized spacial score (nSPS) is 10.8. The van der Waals surface area contributed by atoms with Crippen LogP contribution in [0, 0.1) is 6.92 Å². The number of anilines is 1. The maximum atomic E-state index is 12.1. The summed E-state index contributed by atoms with van der Waals surface area (Å²) in [4.78, 5) is 16.5. The largest absolute Gasteiger partial charge is 0.338 e. The zero-order valence-corrected chi connectivity index (χ0v) is 15.1. The lowest BCUT2D eigenvalue weighted by Crippen LogP contribution is -2.30. The summed E-state index contributed by atoms with van der Waals surface area (Å²) in [6, 6.07) is 9.23. The number of carbonyl (C=O) groups is 1. The molecule has 0 unspecified atom stereocenters. The highest BCUT2D eigenvalue weighted by molar-refractivity contribution is 6.31. The Morgan fingerprint density at radius 2 is 2.12 bits per heavy atom. The molecule has 0 aliphatic carbocycles. The number of fused-ring (bicyclic) bond motifs is 1. The lowest BCUT2D eigenvalue weighted by molar-refractivity contribution is 0.252. The van der Waals surface area contributed by atoms with Crippen LogP contribution in [0.1, 0.15) is 18.1 Å². The molecule has 2 heterocycles. The fraction of sp³-hybridized carbons (Fsp3) is 0.263. The topological polar surface area (TPSA) is 59.0 Å². The fourth-order valence-electron chi connectivity index (χ4n) is 2.86. The van der Waals surface area contributed by atoms with Crippen molar-refractivity contribution in [3.05, 3.63) is 58.9 Å². The molecule has 0 spiro atoms. The highest BCUT2D eigenvalue weighted by Crippen LogP contribution is 2.23. The second-order valence-electron chi connectivity index (χ2n) is 5.86. The SMILES string of the molecule is CCn1cc(CCNC(=O)Nc2cccc(Cl)c2C)c2cccnc21. The van der Waals surface area contributed by atoms with E-state index in [0.717, 1.165) is 35.2 Å². The maximum absolute atomic E-state index is 12.1. The molecule has 130 valence electrons. The van der Waals surface area contributed by atoms with Crippen LogP contribution in [-0.4, -0.2) is 22.1 Å². The predicted molar refractivity (Wildman–Crippen MR) is 102 cm³/mol. The van der Waals surface area contributed by atoms with E-state index in [0.29, 0.717) is 11.6 Å². The smallest absolute Gasteiger partial charge is 0.319 e. The first-order valence-corrected chi connectivity index (χ1v) is 8.70. The van der Waals surface area contributed by atoms with E-state index >= 15 is 0 Å². The van der Waals surface area contributed by atoms with Crippen LogP contribution in [0.15, 0.2) is 42.7 Å². The maximum Gasteiger partial charge on any atom is 0.319 e. The molecule has 0 bridgehead atoms. The van der Waals surface area contributed by atoms with Gasteiger partial charge in [-0.3, -0.25) is 0 Å². The summed E-state index contributed by atoms with van der Waals surface area (Å²) in [6.07, 6.45) is 4.66. The van der Waals surface area contributed by atoms with Gasteiger partial charge in [0.25, 0.3) is 0 Å². The number of rotatable bonds is 5. The second-order valence-corrected chi connectivity index (χ2v) is 6.27. The molecule has 25 heavy (non-hydrogen) atoms. The average molecular weight is 357 g/mol. The minimum atomic E-state index is -0.234. The summed E-state index contributed by atoms with van der Waals surface area (Å²) in [5.74, 6) is 0. The number of benzene rings is 1. The molecule has 1 aromatic carbocycles. The van der Waals surface area contributed by atoms with Crippen LogP contribution in [0.2, 0.25) is 5.02 Å². The number of urea groups is 1. The molecule has 0 aliphatic rings. The van der Waals surface area contributed by atoms with Gasteiger partial charge >= 0.3 is 6.03 Å². The number of hydrogen-bond donors (Lipinski definition) is 2. The number of aryl methyl sites for hydroxylation is 1. The molecule has 2 aromatic heterocycles. The number of halogens is 1. The molecule has 3 rings (SSSR count). The van der Waals surface area contributed by atoms with Gasteiger partial charge < -0.3 is 15.2 Å². The summed E-state index contributed by atoms with van der Waals surface area (Å²) >= 11 is 6.07. The molecule has 0 saturated heterocycles. The molecular formula is C19H21ClN4O. The van der Waals surface area contributed by atoms with E-state index in [9.17, 15) is 4.79 Å². The minimum Gasteiger partial charge on any atom is -0.338 e. The molecule has 0 fully saturated rings. The van der Waals surface area contributed by atoms with Crippen molar-refractivity contribution in [2.75, 3.05) is 11.9 Å². The molecule has 0 radical (unpaired) electrons. The van der Waals surface area contributed by atoms with E-state index in [2.05, 4.69) is 39.4 Å². The first-order chi connectivity index (χ1) is 12.1. The number of nitrogens with one attached hydrogen (secondary N) is 2. The van der Waals surface area contributed by atoms with Crippen LogP contribution in [0.4, 0.5) is 10.5 Å². The van der Waals surface area contributed by atoms with Gasteiger partial charge in [-0.25, -0.2) is 9.78 Å². The number of pyridine rings is 1. The van der Waals surface area contributed by atoms with Gasteiger partial charge in [-0.1, -0.05) is 17.7 Å². The third-order valence-electron chi connectivity index (χ3n) is 4.25. The van der Waals surface area contributed by atoms with Gasteiger partial charge in [0.15, 0.2) is 0 Å². The number of amides is 2. The van der Waals surface area contributed by atoms with E-state index in [1.54, 1.807) is 12.3 Å². The molecule has 2 N–H and O–H groups in total. The summed E-state index contributed by atoms with van der Waals surface area (Å²) in [5, 5.41) is 7.51. The molecule has 2 amide bonds. The molecule has 5 nitrogen and oxygen atoms in total. The third kappa shape index (κ3) is 3.77. The first kappa shape index (κ1) is 17.3. The van der Waals surface area contributed by atoms with Gasteiger partial charge in [-0.2, -0.15) is 0 Å². The minimum absolute atomic E-state index is 0.234. The van der Waals surface area contributed by atoms with Crippen molar-refractivity contribution in [1.82, 2.24) is 14.9 Å². The van der Waals surface area contributed by atoms with Gasteiger partial charge in [0.05, 0.1) is 0 Å². The summed E-state index contributed by atoms with van der Waals surface area (Å²) in [5.41, 5.74) is 3.75. The van der Waals surface area contributed by atoms with Crippen molar-refractivity contribution in [3.63, 3.8) is 0 Å². The van der Waals surface area contributed by atoms with E-state index in [1.165, 1.54) is 5.56 Å². The van der Waals surface area contributed by atoms with E-state index in [-0.39, 0.29) is 6.03 Å². The zero-order valence-electron chi connectivity index (χ0n) is 14.3. The zero-order chi connectivity index (χ0) is 17.8. The molecule has 0 atom stereocenters.